The van der Waals surface area contributed by atoms with Crippen molar-refractivity contribution in [2.75, 3.05) is 30.3 Å². The summed E-state index contributed by atoms with van der Waals surface area (Å²) in [6, 6.07) is 4.90. The first-order chi connectivity index (χ1) is 12.7. The highest BCUT2D eigenvalue weighted by Gasteiger charge is 2.28. The highest BCUT2D eigenvalue weighted by atomic mass is 32.2. The number of sulfone groups is 1. The molecular formula is C20H28N2O4S. The van der Waals surface area contributed by atoms with E-state index in [1.165, 1.54) is 6.92 Å². The Hall–Kier alpha value is -1.89. The Kier molecular flexibility index (Phi) is 5.60. The van der Waals surface area contributed by atoms with Crippen molar-refractivity contribution < 1.29 is 18.0 Å². The van der Waals surface area contributed by atoms with Crippen molar-refractivity contribution >= 4 is 27.3 Å². The smallest absolute Gasteiger partial charge is 0.223 e. The van der Waals surface area contributed by atoms with Gasteiger partial charge in [0.1, 0.15) is 0 Å². The largest absolute Gasteiger partial charge is 0.342 e. The molecule has 0 saturated carbocycles. The van der Waals surface area contributed by atoms with E-state index >= 15 is 0 Å². The van der Waals surface area contributed by atoms with Gasteiger partial charge in [-0.25, -0.2) is 8.42 Å². The topological polar surface area (TPSA) is 74.8 Å². The zero-order valence-electron chi connectivity index (χ0n) is 16.3. The van der Waals surface area contributed by atoms with Gasteiger partial charge in [0, 0.05) is 38.7 Å². The fourth-order valence-corrected chi connectivity index (χ4v) is 5.54. The minimum absolute atomic E-state index is 0.0123. The maximum absolute atomic E-state index is 12.7. The summed E-state index contributed by atoms with van der Waals surface area (Å²) in [6.07, 6.45) is 1.77. The lowest BCUT2D eigenvalue weighted by molar-refractivity contribution is -0.133. The predicted molar refractivity (Wildman–Crippen MR) is 104 cm³/mol. The van der Waals surface area contributed by atoms with E-state index in [9.17, 15) is 18.0 Å². The average Bonchev–Trinajstić information content (AvgIpc) is 3.02. The van der Waals surface area contributed by atoms with Gasteiger partial charge in [0.25, 0.3) is 0 Å². The maximum atomic E-state index is 12.7. The van der Waals surface area contributed by atoms with Crippen LogP contribution in [0.15, 0.2) is 23.1 Å². The number of anilines is 1. The van der Waals surface area contributed by atoms with E-state index < -0.39 is 9.84 Å². The molecule has 7 heteroatoms. The minimum Gasteiger partial charge on any atom is -0.342 e. The van der Waals surface area contributed by atoms with E-state index in [0.29, 0.717) is 37.9 Å². The zero-order chi connectivity index (χ0) is 19.8. The van der Waals surface area contributed by atoms with Crippen molar-refractivity contribution in [1.82, 2.24) is 4.90 Å². The molecule has 0 aliphatic carbocycles. The Balaban J connectivity index is 1.67. The first-order valence-electron chi connectivity index (χ1n) is 9.59. The molecule has 0 bridgehead atoms. The van der Waals surface area contributed by atoms with E-state index in [2.05, 4.69) is 13.8 Å². The summed E-state index contributed by atoms with van der Waals surface area (Å²) in [7, 11) is -3.53. The van der Waals surface area contributed by atoms with E-state index in [1.807, 2.05) is 4.90 Å². The number of likely N-dealkylation sites (tertiary alicyclic amines) is 1. The summed E-state index contributed by atoms with van der Waals surface area (Å²) < 4.78 is 25.4. The molecule has 0 radical (unpaired) electrons. The lowest BCUT2D eigenvalue weighted by Gasteiger charge is -2.35. The number of carbonyl (C=O) groups is 2. The van der Waals surface area contributed by atoms with E-state index in [4.69, 9.17) is 0 Å². The van der Waals surface area contributed by atoms with Crippen LogP contribution in [0.4, 0.5) is 5.69 Å². The standard InChI is InChI=1S/C20H28N2O4S/c1-14-10-15(2)13-21(12-14)20(24)7-9-27(25,26)18-4-5-19-17(11-18)6-8-22(19)16(3)23/h4-5,11,14-15H,6-10,12-13H2,1-3H3. The molecule has 2 unspecified atom stereocenters. The van der Waals surface area contributed by atoms with Crippen LogP contribution in [0, 0.1) is 11.8 Å². The van der Waals surface area contributed by atoms with Crippen LogP contribution < -0.4 is 4.90 Å². The molecule has 2 heterocycles. The maximum Gasteiger partial charge on any atom is 0.223 e. The second-order valence-corrected chi connectivity index (χ2v) is 10.1. The quantitative estimate of drug-likeness (QED) is 0.788. The van der Waals surface area contributed by atoms with Crippen LogP contribution in [-0.4, -0.2) is 50.5 Å². The second-order valence-electron chi connectivity index (χ2n) is 8.02. The van der Waals surface area contributed by atoms with Gasteiger partial charge in [0.05, 0.1) is 10.6 Å². The lowest BCUT2D eigenvalue weighted by Crippen LogP contribution is -2.43. The van der Waals surface area contributed by atoms with Crippen LogP contribution in [-0.2, 0) is 25.8 Å². The summed E-state index contributed by atoms with van der Waals surface area (Å²) in [4.78, 5) is 27.8. The molecule has 1 fully saturated rings. The summed E-state index contributed by atoms with van der Waals surface area (Å²) in [5, 5.41) is 0. The van der Waals surface area contributed by atoms with Gasteiger partial charge in [-0.2, -0.15) is 0 Å². The molecular weight excluding hydrogens is 364 g/mol. The molecule has 0 spiro atoms. The number of amides is 2. The Morgan fingerprint density at radius 2 is 1.81 bits per heavy atom. The number of hydrogen-bond donors (Lipinski definition) is 0. The number of carbonyl (C=O) groups excluding carboxylic acids is 2. The number of hydrogen-bond acceptors (Lipinski definition) is 4. The average molecular weight is 393 g/mol. The molecule has 2 aliphatic rings. The Bertz CT molecular complexity index is 840. The van der Waals surface area contributed by atoms with Crippen molar-refractivity contribution in [3.05, 3.63) is 23.8 Å². The lowest BCUT2D eigenvalue weighted by atomic mass is 9.92. The number of benzene rings is 1. The molecule has 0 N–H and O–H groups in total. The van der Waals surface area contributed by atoms with Crippen molar-refractivity contribution in [3.8, 4) is 0 Å². The fourth-order valence-electron chi connectivity index (χ4n) is 4.26. The van der Waals surface area contributed by atoms with E-state index in [1.54, 1.807) is 23.1 Å². The van der Waals surface area contributed by atoms with Crippen LogP contribution in [0.25, 0.3) is 0 Å². The number of fused-ring (bicyclic) bond motifs is 1. The normalized spacial score (nSPS) is 22.6. The van der Waals surface area contributed by atoms with Gasteiger partial charge in [-0.05, 0) is 48.4 Å². The van der Waals surface area contributed by atoms with Crippen molar-refractivity contribution in [3.63, 3.8) is 0 Å². The zero-order valence-corrected chi connectivity index (χ0v) is 17.1. The van der Waals surface area contributed by atoms with Gasteiger partial charge < -0.3 is 9.80 Å². The Morgan fingerprint density at radius 3 is 2.44 bits per heavy atom. The molecule has 0 aromatic heterocycles. The SMILES string of the molecule is CC(=O)N1CCc2cc(S(=O)(=O)CCC(=O)N3CC(C)CC(C)C3)ccc21. The van der Waals surface area contributed by atoms with Gasteiger partial charge in [0.2, 0.25) is 11.8 Å². The van der Waals surface area contributed by atoms with Crippen molar-refractivity contribution in [2.45, 2.75) is 44.9 Å². The molecule has 27 heavy (non-hydrogen) atoms. The van der Waals surface area contributed by atoms with Crippen LogP contribution in [0.3, 0.4) is 0 Å². The molecule has 2 atom stereocenters. The van der Waals surface area contributed by atoms with Crippen LogP contribution in [0.1, 0.15) is 39.2 Å². The number of rotatable bonds is 4. The summed E-state index contributed by atoms with van der Waals surface area (Å²) >= 11 is 0. The molecule has 1 saturated heterocycles. The minimum atomic E-state index is -3.53. The number of piperidine rings is 1. The van der Waals surface area contributed by atoms with Crippen molar-refractivity contribution in [2.24, 2.45) is 11.8 Å². The third-order valence-corrected chi connectivity index (χ3v) is 7.21. The van der Waals surface area contributed by atoms with Gasteiger partial charge in [0.15, 0.2) is 9.84 Å². The summed E-state index contributed by atoms with van der Waals surface area (Å²) in [5.74, 6) is 0.603. The number of nitrogens with zero attached hydrogens (tertiary/aromatic N) is 2. The Morgan fingerprint density at radius 1 is 1.15 bits per heavy atom. The molecule has 2 aliphatic heterocycles. The van der Waals surface area contributed by atoms with E-state index in [0.717, 1.165) is 17.7 Å². The van der Waals surface area contributed by atoms with Crippen LogP contribution in [0.2, 0.25) is 0 Å². The van der Waals surface area contributed by atoms with Gasteiger partial charge in [-0.1, -0.05) is 13.8 Å². The van der Waals surface area contributed by atoms with Crippen molar-refractivity contribution in [1.29, 1.82) is 0 Å². The van der Waals surface area contributed by atoms with Gasteiger partial charge >= 0.3 is 0 Å². The van der Waals surface area contributed by atoms with Crippen LogP contribution >= 0.6 is 0 Å². The molecule has 6 nitrogen and oxygen atoms in total. The molecule has 2 amide bonds. The molecule has 1 aromatic rings. The highest BCUT2D eigenvalue weighted by Crippen LogP contribution is 2.30. The third kappa shape index (κ3) is 4.34. The molecule has 1 aromatic carbocycles. The first kappa shape index (κ1) is 19.9. The monoisotopic (exact) mass is 392 g/mol. The summed E-state index contributed by atoms with van der Waals surface area (Å²) in [5.41, 5.74) is 1.66. The first-order valence-corrected chi connectivity index (χ1v) is 11.2. The predicted octanol–water partition coefficient (Wildman–Crippen LogP) is 2.26. The third-order valence-electron chi connectivity index (χ3n) is 5.49. The van der Waals surface area contributed by atoms with Gasteiger partial charge in [-0.15, -0.1) is 0 Å². The Labute approximate surface area is 161 Å². The van der Waals surface area contributed by atoms with Gasteiger partial charge in [-0.3, -0.25) is 9.59 Å². The molecule has 3 rings (SSSR count). The summed E-state index contributed by atoms with van der Waals surface area (Å²) in [6.45, 7) is 7.76. The van der Waals surface area contributed by atoms with Crippen LogP contribution in [0.5, 0.6) is 0 Å². The highest BCUT2D eigenvalue weighted by molar-refractivity contribution is 7.91. The second kappa shape index (κ2) is 7.62. The molecule has 148 valence electrons. The van der Waals surface area contributed by atoms with E-state index in [-0.39, 0.29) is 28.9 Å². The fraction of sp³-hybridized carbons (Fsp3) is 0.600.